The van der Waals surface area contributed by atoms with Crippen LogP contribution in [0, 0.1) is 13.8 Å². The summed E-state index contributed by atoms with van der Waals surface area (Å²) in [5, 5.41) is 5.62. The van der Waals surface area contributed by atoms with Crippen LogP contribution >= 0.6 is 11.8 Å². The molecular formula is C27H29N5O2S. The molecule has 0 N–H and O–H groups in total. The highest BCUT2D eigenvalue weighted by atomic mass is 32.2. The van der Waals surface area contributed by atoms with Gasteiger partial charge in [0, 0.05) is 24.4 Å². The van der Waals surface area contributed by atoms with Gasteiger partial charge in [-0.25, -0.2) is 9.67 Å². The Morgan fingerprint density at radius 2 is 1.97 bits per heavy atom. The predicted octanol–water partition coefficient (Wildman–Crippen LogP) is 5.07. The van der Waals surface area contributed by atoms with Crippen molar-refractivity contribution in [1.29, 1.82) is 0 Å². The van der Waals surface area contributed by atoms with Crippen molar-refractivity contribution in [3.05, 3.63) is 76.2 Å². The topological polar surface area (TPSA) is 73.0 Å². The molecule has 1 amide bonds. The minimum atomic E-state index is -0.232. The number of amides is 1. The van der Waals surface area contributed by atoms with Crippen LogP contribution in [0.5, 0.6) is 0 Å². The van der Waals surface area contributed by atoms with Gasteiger partial charge in [0.2, 0.25) is 5.91 Å². The predicted molar refractivity (Wildman–Crippen MR) is 141 cm³/mol. The van der Waals surface area contributed by atoms with Gasteiger partial charge in [0.25, 0.3) is 5.56 Å². The molecule has 3 heterocycles. The molecule has 2 aromatic carbocycles. The minimum Gasteiger partial charge on any atom is -0.312 e. The first-order valence-corrected chi connectivity index (χ1v) is 13.0. The number of hydrogen-bond acceptors (Lipinski definition) is 5. The summed E-state index contributed by atoms with van der Waals surface area (Å²) in [4.78, 5) is 33.6. The van der Waals surface area contributed by atoms with Gasteiger partial charge in [0.1, 0.15) is 5.39 Å². The maximum Gasteiger partial charge on any atom is 0.265 e. The van der Waals surface area contributed by atoms with E-state index in [2.05, 4.69) is 25.0 Å². The number of unbranched alkanes of at least 4 members (excludes halogenated alkanes) is 1. The Morgan fingerprint density at radius 3 is 2.71 bits per heavy atom. The molecule has 1 atom stereocenters. The summed E-state index contributed by atoms with van der Waals surface area (Å²) in [7, 11) is 0. The maximum absolute atomic E-state index is 13.5. The third kappa shape index (κ3) is 4.38. The highest BCUT2D eigenvalue weighted by Gasteiger charge is 2.31. The van der Waals surface area contributed by atoms with Gasteiger partial charge in [-0.2, -0.15) is 5.10 Å². The second kappa shape index (κ2) is 9.70. The first kappa shape index (κ1) is 23.4. The quantitative estimate of drug-likeness (QED) is 0.340. The van der Waals surface area contributed by atoms with Gasteiger partial charge in [-0.15, -0.1) is 0 Å². The van der Waals surface area contributed by atoms with Crippen molar-refractivity contribution in [1.82, 2.24) is 19.3 Å². The number of benzene rings is 2. The molecule has 35 heavy (non-hydrogen) atoms. The summed E-state index contributed by atoms with van der Waals surface area (Å²) in [5.74, 6) is 0.676. The second-order valence-corrected chi connectivity index (χ2v) is 10.0. The molecule has 1 aliphatic rings. The van der Waals surface area contributed by atoms with E-state index in [1.807, 2.05) is 54.3 Å². The van der Waals surface area contributed by atoms with Crippen LogP contribution in [0.25, 0.3) is 16.7 Å². The van der Waals surface area contributed by atoms with Crippen LogP contribution in [0.15, 0.2) is 64.7 Å². The van der Waals surface area contributed by atoms with E-state index in [0.717, 1.165) is 29.8 Å². The number of anilines is 1. The molecule has 0 bridgehead atoms. The second-order valence-electron chi connectivity index (χ2n) is 9.06. The van der Waals surface area contributed by atoms with Gasteiger partial charge >= 0.3 is 0 Å². The first-order valence-electron chi connectivity index (χ1n) is 12.0. The molecule has 0 aliphatic carbocycles. The van der Waals surface area contributed by atoms with Crippen LogP contribution in [0.2, 0.25) is 0 Å². The SMILES string of the molecule is CCCCN(C(=O)CC1CSc2nc3c(cnn3-c3ccc(C)cc3C)c(=O)n21)c1ccccc1. The highest BCUT2D eigenvalue weighted by molar-refractivity contribution is 7.99. The van der Waals surface area contributed by atoms with E-state index in [4.69, 9.17) is 4.98 Å². The third-order valence-electron chi connectivity index (χ3n) is 6.47. The molecule has 180 valence electrons. The van der Waals surface area contributed by atoms with Gasteiger partial charge < -0.3 is 4.90 Å². The summed E-state index contributed by atoms with van der Waals surface area (Å²) in [6, 6.07) is 15.7. The number of aromatic nitrogens is 4. The van der Waals surface area contributed by atoms with E-state index < -0.39 is 0 Å². The number of fused-ring (bicyclic) bond motifs is 2. The number of aryl methyl sites for hydroxylation is 2. The molecule has 0 saturated heterocycles. The lowest BCUT2D eigenvalue weighted by molar-refractivity contribution is -0.119. The Morgan fingerprint density at radius 1 is 1.17 bits per heavy atom. The third-order valence-corrected chi connectivity index (χ3v) is 7.56. The van der Waals surface area contributed by atoms with E-state index in [0.29, 0.717) is 28.5 Å². The Bertz CT molecular complexity index is 1440. The normalized spacial score (nSPS) is 14.9. The van der Waals surface area contributed by atoms with Gasteiger partial charge in [-0.1, -0.05) is 61.0 Å². The summed E-state index contributed by atoms with van der Waals surface area (Å²) in [5.41, 5.74) is 4.47. The van der Waals surface area contributed by atoms with E-state index in [1.165, 1.54) is 17.3 Å². The lowest BCUT2D eigenvalue weighted by Gasteiger charge is -2.24. The fourth-order valence-electron chi connectivity index (χ4n) is 4.63. The molecule has 5 rings (SSSR count). The molecule has 0 fully saturated rings. The number of carbonyl (C=O) groups excluding carboxylic acids is 1. The molecule has 1 aliphatic heterocycles. The molecule has 7 nitrogen and oxygen atoms in total. The number of hydrogen-bond donors (Lipinski definition) is 0. The molecule has 1 unspecified atom stereocenters. The van der Waals surface area contributed by atoms with Gasteiger partial charge in [-0.05, 0) is 44.0 Å². The van der Waals surface area contributed by atoms with Crippen molar-refractivity contribution in [2.45, 2.75) is 51.2 Å². The standard InChI is InChI=1S/C27H29N5O2S/c1-4-5-13-30(20-9-7-6-8-10-20)24(33)15-21-17-35-27-29-25-22(26(34)31(21)27)16-28-32(25)23-12-11-18(2)14-19(23)3/h6-12,14,16,21H,4-5,13,15,17H2,1-3H3. The molecule has 0 radical (unpaired) electrons. The van der Waals surface area contributed by atoms with E-state index in [1.54, 1.807) is 15.4 Å². The van der Waals surface area contributed by atoms with Crippen LogP contribution in [0.3, 0.4) is 0 Å². The number of rotatable bonds is 7. The zero-order valence-corrected chi connectivity index (χ0v) is 21.1. The lowest BCUT2D eigenvalue weighted by atomic mass is 10.1. The summed E-state index contributed by atoms with van der Waals surface area (Å²) < 4.78 is 3.44. The number of para-hydroxylation sites is 1. The molecule has 2 aromatic heterocycles. The van der Waals surface area contributed by atoms with E-state index in [9.17, 15) is 9.59 Å². The molecule has 0 saturated carbocycles. The number of thioether (sulfide) groups is 1. The van der Waals surface area contributed by atoms with E-state index >= 15 is 0 Å². The van der Waals surface area contributed by atoms with Crippen molar-refractivity contribution in [3.8, 4) is 5.69 Å². The van der Waals surface area contributed by atoms with Crippen LogP contribution < -0.4 is 10.5 Å². The number of nitrogens with zero attached hydrogens (tertiary/aromatic N) is 5. The Labute approximate surface area is 208 Å². The minimum absolute atomic E-state index is 0.0288. The highest BCUT2D eigenvalue weighted by Crippen LogP contribution is 2.34. The first-order chi connectivity index (χ1) is 17.0. The van der Waals surface area contributed by atoms with Crippen molar-refractivity contribution >= 4 is 34.4 Å². The Kier molecular flexibility index (Phi) is 6.47. The lowest BCUT2D eigenvalue weighted by Crippen LogP contribution is -2.35. The average Bonchev–Trinajstić information content (AvgIpc) is 3.45. The Balaban J connectivity index is 1.47. The zero-order valence-electron chi connectivity index (χ0n) is 20.3. The van der Waals surface area contributed by atoms with Gasteiger partial charge in [0.15, 0.2) is 10.8 Å². The summed E-state index contributed by atoms with van der Waals surface area (Å²) in [6.07, 6.45) is 3.79. The van der Waals surface area contributed by atoms with Crippen LogP contribution in [0.4, 0.5) is 5.69 Å². The summed E-state index contributed by atoms with van der Waals surface area (Å²) in [6.45, 7) is 6.87. The molecular weight excluding hydrogens is 458 g/mol. The van der Waals surface area contributed by atoms with Crippen molar-refractivity contribution in [3.63, 3.8) is 0 Å². The van der Waals surface area contributed by atoms with Crippen LogP contribution in [-0.2, 0) is 4.79 Å². The molecule has 0 spiro atoms. The van der Waals surface area contributed by atoms with Gasteiger partial charge in [-0.3, -0.25) is 14.2 Å². The Hall–Kier alpha value is -3.39. The van der Waals surface area contributed by atoms with Crippen LogP contribution in [0.1, 0.15) is 43.4 Å². The molecule has 4 aromatic rings. The monoisotopic (exact) mass is 487 g/mol. The van der Waals surface area contributed by atoms with Crippen molar-refractivity contribution < 1.29 is 4.79 Å². The average molecular weight is 488 g/mol. The fraction of sp³-hybridized carbons (Fsp3) is 0.333. The van der Waals surface area contributed by atoms with E-state index in [-0.39, 0.29) is 23.9 Å². The van der Waals surface area contributed by atoms with Crippen LogP contribution in [-0.4, -0.2) is 37.5 Å². The zero-order chi connectivity index (χ0) is 24.5. The smallest absolute Gasteiger partial charge is 0.265 e. The van der Waals surface area contributed by atoms with Crippen molar-refractivity contribution in [2.24, 2.45) is 0 Å². The summed E-state index contributed by atoms with van der Waals surface area (Å²) >= 11 is 1.53. The maximum atomic E-state index is 13.5. The van der Waals surface area contributed by atoms with Crippen molar-refractivity contribution in [2.75, 3.05) is 17.2 Å². The number of carbonyl (C=O) groups is 1. The fourth-order valence-corrected chi connectivity index (χ4v) is 5.76. The largest absolute Gasteiger partial charge is 0.312 e. The van der Waals surface area contributed by atoms with Gasteiger partial charge in [0.05, 0.1) is 17.9 Å². The molecule has 8 heteroatoms.